The zero-order valence-electron chi connectivity index (χ0n) is 13.9. The quantitative estimate of drug-likeness (QED) is 0.454. The molecule has 0 aromatic heterocycles. The molecule has 0 aromatic rings. The van der Waals surface area contributed by atoms with Crippen molar-refractivity contribution in [1.82, 2.24) is 0 Å². The normalized spacial score (nSPS) is 12.9. The summed E-state index contributed by atoms with van der Waals surface area (Å²) in [5, 5.41) is 0.0974. The van der Waals surface area contributed by atoms with Gasteiger partial charge in [0.25, 0.3) is 8.32 Å². The van der Waals surface area contributed by atoms with E-state index in [9.17, 15) is 4.79 Å². The van der Waals surface area contributed by atoms with Gasteiger partial charge in [0.1, 0.15) is 0 Å². The van der Waals surface area contributed by atoms with Crippen LogP contribution in [0.25, 0.3) is 0 Å². The second-order valence-electron chi connectivity index (χ2n) is 7.05. The molecular weight excluding hydrogens is 252 g/mol. The summed E-state index contributed by atoms with van der Waals surface area (Å²) in [6, 6.07) is 2.07. The molecule has 2 nitrogen and oxygen atoms in total. The zero-order chi connectivity index (χ0) is 15.3. The third-order valence-electron chi connectivity index (χ3n) is 4.06. The minimum Gasteiger partial charge on any atom is -0.515 e. The molecule has 0 fully saturated rings. The van der Waals surface area contributed by atoms with Gasteiger partial charge in [0.2, 0.25) is 0 Å². The van der Waals surface area contributed by atoms with Crippen LogP contribution in [-0.4, -0.2) is 14.3 Å². The average Bonchev–Trinajstić information content (AvgIpc) is 2.26. The Hall–Kier alpha value is -0.573. The van der Waals surface area contributed by atoms with Crippen LogP contribution in [0.4, 0.5) is 0 Å². The predicted molar refractivity (Wildman–Crippen MR) is 85.7 cm³/mol. The number of carbonyl (C=O) groups excluding carboxylic acids is 1. The molecule has 0 atom stereocenters. The summed E-state index contributed by atoms with van der Waals surface area (Å²) in [6.45, 7) is 19.2. The van der Waals surface area contributed by atoms with Crippen LogP contribution in [0.5, 0.6) is 0 Å². The fourth-order valence-corrected chi connectivity index (χ4v) is 8.20. The van der Waals surface area contributed by atoms with Crippen molar-refractivity contribution in [3.63, 3.8) is 0 Å². The molecule has 0 aliphatic heterocycles. The zero-order valence-corrected chi connectivity index (χ0v) is 14.9. The Morgan fingerprint density at radius 3 is 1.89 bits per heavy atom. The topological polar surface area (TPSA) is 26.3 Å². The van der Waals surface area contributed by atoms with Gasteiger partial charge in [-0.25, -0.2) is 4.79 Å². The van der Waals surface area contributed by atoms with Crippen molar-refractivity contribution < 1.29 is 9.22 Å². The summed E-state index contributed by atoms with van der Waals surface area (Å²) in [5.74, 6) is 0.859. The van der Waals surface area contributed by atoms with Gasteiger partial charge in [-0.3, -0.25) is 0 Å². The van der Waals surface area contributed by atoms with Crippen LogP contribution in [0.1, 0.15) is 54.9 Å². The summed E-state index contributed by atoms with van der Waals surface area (Å²) in [6.07, 6.45) is 2.36. The van der Waals surface area contributed by atoms with Gasteiger partial charge in [-0.05, 0) is 29.0 Å². The summed E-state index contributed by atoms with van der Waals surface area (Å²) in [5.41, 5.74) is 0. The molecule has 0 aromatic carbocycles. The Morgan fingerprint density at radius 2 is 1.63 bits per heavy atom. The number of carbonyl (C=O) groups is 1. The highest BCUT2D eigenvalue weighted by atomic mass is 28.4. The molecular formula is C16H32O2Si. The largest absolute Gasteiger partial charge is 0.515 e. The van der Waals surface area contributed by atoms with Gasteiger partial charge < -0.3 is 4.43 Å². The summed E-state index contributed by atoms with van der Waals surface area (Å²) >= 11 is 0. The van der Waals surface area contributed by atoms with Crippen molar-refractivity contribution in [2.75, 3.05) is 0 Å². The molecule has 0 heterocycles. The molecule has 0 amide bonds. The molecule has 19 heavy (non-hydrogen) atoms. The van der Waals surface area contributed by atoms with Gasteiger partial charge in [-0.1, -0.05) is 61.5 Å². The smallest absolute Gasteiger partial charge is 0.316 e. The summed E-state index contributed by atoms with van der Waals surface area (Å²) < 4.78 is 6.05. The predicted octanol–water partition coefficient (Wildman–Crippen LogP) is 5.16. The van der Waals surface area contributed by atoms with E-state index in [1.165, 1.54) is 6.08 Å². The molecule has 0 rings (SSSR count). The molecule has 0 N–H and O–H groups in total. The molecule has 0 radical (unpaired) electrons. The van der Waals surface area contributed by atoms with E-state index in [1.807, 2.05) is 0 Å². The number of hydrogen-bond donors (Lipinski definition) is 0. The molecule has 0 unspecified atom stereocenters. The maximum atomic E-state index is 11.8. The first-order chi connectivity index (χ1) is 8.60. The van der Waals surface area contributed by atoms with Crippen molar-refractivity contribution in [3.8, 4) is 0 Å². The van der Waals surface area contributed by atoms with Crippen LogP contribution in [-0.2, 0) is 9.22 Å². The van der Waals surface area contributed by atoms with Crippen molar-refractivity contribution in [3.05, 3.63) is 12.7 Å². The van der Waals surface area contributed by atoms with E-state index >= 15 is 0 Å². The lowest BCUT2D eigenvalue weighted by Gasteiger charge is -2.45. The van der Waals surface area contributed by atoms with Crippen LogP contribution < -0.4 is 0 Å². The first-order valence-electron chi connectivity index (χ1n) is 7.45. The second kappa shape index (κ2) is 7.27. The summed E-state index contributed by atoms with van der Waals surface area (Å²) in [4.78, 5) is 11.8. The lowest BCUT2D eigenvalue weighted by atomic mass is 10.1. The highest BCUT2D eigenvalue weighted by molar-refractivity contribution is 6.78. The average molecular weight is 285 g/mol. The summed E-state index contributed by atoms with van der Waals surface area (Å²) in [7, 11) is -2.15. The van der Waals surface area contributed by atoms with Crippen molar-refractivity contribution in [2.45, 2.75) is 72.0 Å². The third-order valence-corrected chi connectivity index (χ3v) is 10.4. The third kappa shape index (κ3) is 5.13. The highest BCUT2D eigenvalue weighted by Crippen LogP contribution is 2.48. The minimum absolute atomic E-state index is 0.0974. The van der Waals surface area contributed by atoms with Crippen molar-refractivity contribution >= 4 is 14.3 Å². The van der Waals surface area contributed by atoms with E-state index in [4.69, 9.17) is 4.43 Å². The van der Waals surface area contributed by atoms with Crippen LogP contribution in [0.3, 0.4) is 0 Å². The molecule has 0 aliphatic rings. The molecule has 0 spiro atoms. The standard InChI is InChI=1S/C16H32O2Si/c1-9-15(17)18-19(11-13(3)4,12-14(5)6)16(7,8)10-2/h9,13-14H,1,10-12H2,2-8H3. The van der Waals surface area contributed by atoms with E-state index in [1.54, 1.807) is 0 Å². The van der Waals surface area contributed by atoms with Gasteiger partial charge >= 0.3 is 5.97 Å². The Kier molecular flexibility index (Phi) is 7.05. The van der Waals surface area contributed by atoms with E-state index in [0.29, 0.717) is 11.8 Å². The van der Waals surface area contributed by atoms with Crippen LogP contribution in [0, 0.1) is 11.8 Å². The molecule has 0 aliphatic carbocycles. The van der Waals surface area contributed by atoms with Gasteiger partial charge in [0.05, 0.1) is 0 Å². The number of rotatable bonds is 8. The molecule has 0 saturated carbocycles. The van der Waals surface area contributed by atoms with Gasteiger partial charge in [-0.2, -0.15) is 0 Å². The van der Waals surface area contributed by atoms with Gasteiger partial charge in [0, 0.05) is 6.08 Å². The highest BCUT2D eigenvalue weighted by Gasteiger charge is 2.51. The van der Waals surface area contributed by atoms with E-state index in [-0.39, 0.29) is 11.0 Å². The Balaban J connectivity index is 5.55. The minimum atomic E-state index is -2.15. The molecule has 0 bridgehead atoms. The first kappa shape index (κ1) is 18.4. The Morgan fingerprint density at radius 1 is 1.21 bits per heavy atom. The van der Waals surface area contributed by atoms with Crippen LogP contribution in [0.2, 0.25) is 17.1 Å². The van der Waals surface area contributed by atoms with Crippen LogP contribution in [0.15, 0.2) is 12.7 Å². The fourth-order valence-electron chi connectivity index (χ4n) is 2.73. The van der Waals surface area contributed by atoms with E-state index in [0.717, 1.165) is 18.5 Å². The van der Waals surface area contributed by atoms with Crippen LogP contribution >= 0.6 is 0 Å². The fraction of sp³-hybridized carbons (Fsp3) is 0.812. The van der Waals surface area contributed by atoms with Crippen molar-refractivity contribution in [2.24, 2.45) is 11.8 Å². The lowest BCUT2D eigenvalue weighted by Crippen LogP contribution is -2.51. The van der Waals surface area contributed by atoms with E-state index < -0.39 is 8.32 Å². The molecule has 112 valence electrons. The first-order valence-corrected chi connectivity index (χ1v) is 9.78. The van der Waals surface area contributed by atoms with E-state index in [2.05, 4.69) is 55.0 Å². The Labute approximate surface area is 120 Å². The SMILES string of the molecule is C=CC(=O)O[Si](CC(C)C)(CC(C)C)C(C)(C)CC. The van der Waals surface area contributed by atoms with Gasteiger partial charge in [0.15, 0.2) is 0 Å². The number of hydrogen-bond acceptors (Lipinski definition) is 2. The Bertz CT molecular complexity index is 296. The molecule has 0 saturated heterocycles. The maximum Gasteiger partial charge on any atom is 0.316 e. The monoisotopic (exact) mass is 284 g/mol. The van der Waals surface area contributed by atoms with Gasteiger partial charge in [-0.15, -0.1) is 0 Å². The second-order valence-corrected chi connectivity index (χ2v) is 11.4. The van der Waals surface area contributed by atoms with Crippen molar-refractivity contribution in [1.29, 1.82) is 0 Å². The maximum absolute atomic E-state index is 11.8. The lowest BCUT2D eigenvalue weighted by molar-refractivity contribution is -0.130. The molecule has 3 heteroatoms.